The van der Waals surface area contributed by atoms with Crippen molar-refractivity contribution >= 4 is 16.8 Å². The van der Waals surface area contributed by atoms with E-state index in [-0.39, 0.29) is 0 Å². The van der Waals surface area contributed by atoms with Crippen LogP contribution in [0.4, 0.5) is 13.2 Å². The van der Waals surface area contributed by atoms with Gasteiger partial charge >= 0.3 is 11.5 Å². The summed E-state index contributed by atoms with van der Waals surface area (Å²) in [6.45, 7) is 1.23. The molecule has 2 unspecified atom stereocenters. The molecule has 0 aliphatic rings. The van der Waals surface area contributed by atoms with Crippen LogP contribution in [0.1, 0.15) is 6.92 Å². The highest BCUT2D eigenvalue weighted by molar-refractivity contribution is 7.85. The van der Waals surface area contributed by atoms with Crippen molar-refractivity contribution in [3.63, 3.8) is 0 Å². The zero-order chi connectivity index (χ0) is 10.6. The van der Waals surface area contributed by atoms with Crippen LogP contribution >= 0.6 is 0 Å². The summed E-state index contributed by atoms with van der Waals surface area (Å²) < 4.78 is 49.8. The highest BCUT2D eigenvalue weighted by atomic mass is 32.2. The standard InChI is InChI=1S/C6H9F3O3S/c1-4(5(10)12-2)3-13(11)6(7,8)9/h4H,3H2,1-2H3. The Morgan fingerprint density at radius 1 is 1.54 bits per heavy atom. The van der Waals surface area contributed by atoms with Crippen molar-refractivity contribution < 1.29 is 26.9 Å². The van der Waals surface area contributed by atoms with Crippen LogP contribution in [0.5, 0.6) is 0 Å². The molecule has 0 aromatic carbocycles. The van der Waals surface area contributed by atoms with Crippen LogP contribution in [-0.2, 0) is 20.3 Å². The third kappa shape index (κ3) is 4.25. The fraction of sp³-hybridized carbons (Fsp3) is 0.833. The number of carbonyl (C=O) groups excluding carboxylic acids is 1. The molecule has 0 rings (SSSR count). The van der Waals surface area contributed by atoms with Gasteiger partial charge in [-0.2, -0.15) is 13.2 Å². The molecule has 0 spiro atoms. The minimum absolute atomic E-state index is 0.754. The van der Waals surface area contributed by atoms with E-state index in [1.54, 1.807) is 0 Å². The van der Waals surface area contributed by atoms with Crippen molar-refractivity contribution in [1.29, 1.82) is 0 Å². The van der Waals surface area contributed by atoms with Gasteiger partial charge in [-0.25, -0.2) is 0 Å². The Labute approximate surface area is 75.7 Å². The first kappa shape index (κ1) is 12.4. The molecule has 2 atom stereocenters. The summed E-state index contributed by atoms with van der Waals surface area (Å²) >= 11 is 0. The van der Waals surface area contributed by atoms with E-state index in [2.05, 4.69) is 4.74 Å². The van der Waals surface area contributed by atoms with Gasteiger partial charge in [0, 0.05) is 5.75 Å². The van der Waals surface area contributed by atoms with Gasteiger partial charge in [-0.15, -0.1) is 0 Å². The maximum absolute atomic E-state index is 11.7. The number of esters is 1. The maximum atomic E-state index is 11.7. The highest BCUT2D eigenvalue weighted by Crippen LogP contribution is 2.21. The molecule has 0 aliphatic heterocycles. The summed E-state index contributed by atoms with van der Waals surface area (Å²) in [5.41, 5.74) is -4.76. The predicted octanol–water partition coefficient (Wildman–Crippen LogP) is 1.06. The Morgan fingerprint density at radius 3 is 2.31 bits per heavy atom. The largest absolute Gasteiger partial charge is 0.471 e. The van der Waals surface area contributed by atoms with Gasteiger partial charge < -0.3 is 4.74 Å². The molecule has 0 aliphatic carbocycles. The number of ether oxygens (including phenoxy) is 1. The number of hydrogen-bond acceptors (Lipinski definition) is 3. The number of halogens is 3. The van der Waals surface area contributed by atoms with E-state index in [0.717, 1.165) is 7.11 Å². The van der Waals surface area contributed by atoms with Crippen LogP contribution in [-0.4, -0.2) is 28.5 Å². The minimum Gasteiger partial charge on any atom is -0.469 e. The van der Waals surface area contributed by atoms with Crippen molar-refractivity contribution in [3.05, 3.63) is 0 Å². The van der Waals surface area contributed by atoms with Crippen LogP contribution in [0.15, 0.2) is 0 Å². The average molecular weight is 218 g/mol. The fourth-order valence-electron chi connectivity index (χ4n) is 0.591. The van der Waals surface area contributed by atoms with Gasteiger partial charge in [-0.3, -0.25) is 9.00 Å². The van der Waals surface area contributed by atoms with Crippen molar-refractivity contribution in [2.45, 2.75) is 12.4 Å². The van der Waals surface area contributed by atoms with Gasteiger partial charge in [-0.1, -0.05) is 6.92 Å². The molecule has 0 heterocycles. The number of hydrogen-bond donors (Lipinski definition) is 0. The molecule has 0 aromatic heterocycles. The van der Waals surface area contributed by atoms with E-state index >= 15 is 0 Å². The Kier molecular flexibility index (Phi) is 4.38. The molecule has 13 heavy (non-hydrogen) atoms. The first-order chi connectivity index (χ1) is 5.79. The van der Waals surface area contributed by atoms with Gasteiger partial charge in [0.15, 0.2) is 0 Å². The molecule has 7 heteroatoms. The fourth-order valence-corrected chi connectivity index (χ4v) is 1.37. The zero-order valence-corrected chi connectivity index (χ0v) is 7.87. The second-order valence-corrected chi connectivity index (χ2v) is 3.87. The minimum atomic E-state index is -4.76. The molecule has 0 saturated carbocycles. The molecule has 78 valence electrons. The molecule has 0 bridgehead atoms. The van der Waals surface area contributed by atoms with Gasteiger partial charge in [0.05, 0.1) is 13.0 Å². The van der Waals surface area contributed by atoms with Gasteiger partial charge in [0.2, 0.25) is 0 Å². The first-order valence-corrected chi connectivity index (χ1v) is 4.64. The lowest BCUT2D eigenvalue weighted by Gasteiger charge is -2.10. The summed E-state index contributed by atoms with van der Waals surface area (Å²) in [5, 5.41) is 0. The predicted molar refractivity (Wildman–Crippen MR) is 40.2 cm³/mol. The summed E-state index contributed by atoms with van der Waals surface area (Å²) in [6, 6.07) is 0. The van der Waals surface area contributed by atoms with E-state index in [4.69, 9.17) is 0 Å². The quantitative estimate of drug-likeness (QED) is 0.665. The Bertz CT molecular complexity index is 214. The average Bonchev–Trinajstić information content (AvgIpc) is 2.01. The van der Waals surface area contributed by atoms with E-state index in [0.29, 0.717) is 0 Å². The lowest BCUT2D eigenvalue weighted by atomic mass is 10.2. The lowest BCUT2D eigenvalue weighted by molar-refractivity contribution is -0.144. The molecule has 0 saturated heterocycles. The summed E-state index contributed by atoms with van der Waals surface area (Å²) in [5.74, 6) is -2.55. The van der Waals surface area contributed by atoms with Crippen molar-refractivity contribution in [1.82, 2.24) is 0 Å². The molecular formula is C6H9F3O3S. The maximum Gasteiger partial charge on any atom is 0.471 e. The number of methoxy groups -OCH3 is 1. The van der Waals surface area contributed by atoms with Crippen molar-refractivity contribution in [3.8, 4) is 0 Å². The Hall–Kier alpha value is -0.590. The van der Waals surface area contributed by atoms with Gasteiger partial charge in [-0.05, 0) is 0 Å². The molecule has 0 radical (unpaired) electrons. The van der Waals surface area contributed by atoms with Crippen molar-refractivity contribution in [2.75, 3.05) is 12.9 Å². The molecular weight excluding hydrogens is 209 g/mol. The van der Waals surface area contributed by atoms with Crippen molar-refractivity contribution in [2.24, 2.45) is 5.92 Å². The Balaban J connectivity index is 4.15. The van der Waals surface area contributed by atoms with Crippen LogP contribution in [0.25, 0.3) is 0 Å². The first-order valence-electron chi connectivity index (χ1n) is 3.32. The van der Waals surface area contributed by atoms with Crippen LogP contribution in [0.3, 0.4) is 0 Å². The summed E-state index contributed by atoms with van der Waals surface area (Å²) in [6.07, 6.45) is 0. The third-order valence-corrected chi connectivity index (χ3v) is 2.58. The van der Waals surface area contributed by atoms with Crippen LogP contribution in [0, 0.1) is 5.92 Å². The topological polar surface area (TPSA) is 43.4 Å². The van der Waals surface area contributed by atoms with E-state index in [9.17, 15) is 22.2 Å². The highest BCUT2D eigenvalue weighted by Gasteiger charge is 2.38. The molecule has 3 nitrogen and oxygen atoms in total. The van der Waals surface area contributed by atoms with E-state index in [1.807, 2.05) is 0 Å². The summed E-state index contributed by atoms with van der Waals surface area (Å²) in [7, 11) is -1.93. The number of alkyl halides is 3. The van der Waals surface area contributed by atoms with Gasteiger partial charge in [0.1, 0.15) is 10.8 Å². The lowest BCUT2D eigenvalue weighted by Crippen LogP contribution is -2.26. The van der Waals surface area contributed by atoms with Crippen LogP contribution < -0.4 is 0 Å². The van der Waals surface area contributed by atoms with Crippen LogP contribution in [0.2, 0.25) is 0 Å². The third-order valence-electron chi connectivity index (χ3n) is 1.26. The van der Waals surface area contributed by atoms with E-state index < -0.39 is 33.9 Å². The number of rotatable bonds is 3. The Morgan fingerprint density at radius 2 is 2.00 bits per heavy atom. The molecule has 0 N–H and O–H groups in total. The molecule has 0 aromatic rings. The second kappa shape index (κ2) is 4.59. The summed E-state index contributed by atoms with van der Waals surface area (Å²) in [4.78, 5) is 10.7. The zero-order valence-electron chi connectivity index (χ0n) is 7.05. The van der Waals surface area contributed by atoms with Gasteiger partial charge in [0.25, 0.3) is 0 Å². The monoisotopic (exact) mass is 218 g/mol. The second-order valence-electron chi connectivity index (χ2n) is 2.38. The normalized spacial score (nSPS) is 16.4. The van der Waals surface area contributed by atoms with E-state index in [1.165, 1.54) is 6.92 Å². The molecule has 0 fully saturated rings. The number of carbonyl (C=O) groups is 1. The SMILES string of the molecule is COC(=O)C(C)CS(=O)C(F)(F)F. The smallest absolute Gasteiger partial charge is 0.469 e. The molecule has 0 amide bonds.